The number of rotatable bonds is 6. The van der Waals surface area contributed by atoms with Gasteiger partial charge in [-0.15, -0.1) is 10.2 Å². The zero-order valence-corrected chi connectivity index (χ0v) is 17.4. The molecule has 0 radical (unpaired) electrons. The molecule has 8 heteroatoms. The Labute approximate surface area is 174 Å². The monoisotopic (exact) mass is 462 g/mol. The smallest absolute Gasteiger partial charge is 0.231 e. The van der Waals surface area contributed by atoms with Gasteiger partial charge in [-0.1, -0.05) is 57.5 Å². The molecule has 0 aliphatic heterocycles. The molecule has 0 unspecified atom stereocenters. The largest absolute Gasteiger partial charge is 0.346 e. The van der Waals surface area contributed by atoms with Crippen LogP contribution in [0.15, 0.2) is 64.5 Å². The maximum absolute atomic E-state index is 12.5. The van der Waals surface area contributed by atoms with Crippen LogP contribution in [0.2, 0.25) is 5.02 Å². The minimum absolute atomic E-state index is 0.0129. The molecule has 0 spiro atoms. The Bertz CT molecular complexity index is 972. The number of nitrogens with zero attached hydrogens (tertiary/aromatic N) is 3. The first-order chi connectivity index (χ1) is 13.1. The van der Waals surface area contributed by atoms with Crippen LogP contribution in [-0.2, 0) is 10.3 Å². The molecule has 1 N–H and O–H groups in total. The first-order valence-corrected chi connectivity index (χ1v) is 10.6. The molecule has 3 aromatic rings. The first kappa shape index (κ1) is 18.5. The lowest BCUT2D eigenvalue weighted by molar-refractivity contribution is -0.119. The quantitative estimate of drug-likeness (QED) is 0.544. The van der Waals surface area contributed by atoms with E-state index in [9.17, 15) is 4.79 Å². The van der Waals surface area contributed by atoms with E-state index in [4.69, 9.17) is 11.6 Å². The number of thioether (sulfide) groups is 1. The van der Waals surface area contributed by atoms with Gasteiger partial charge in [-0.3, -0.25) is 9.36 Å². The molecular weight excluding hydrogens is 448 g/mol. The third-order valence-electron chi connectivity index (χ3n) is 4.46. The molecule has 1 amide bonds. The maximum Gasteiger partial charge on any atom is 0.231 e. The number of hydrogen-bond donors (Lipinski definition) is 1. The van der Waals surface area contributed by atoms with Gasteiger partial charge in [0.25, 0.3) is 0 Å². The number of benzene rings is 2. The zero-order valence-electron chi connectivity index (χ0n) is 14.2. The third kappa shape index (κ3) is 4.20. The van der Waals surface area contributed by atoms with E-state index in [-0.39, 0.29) is 17.2 Å². The van der Waals surface area contributed by atoms with Crippen molar-refractivity contribution in [1.82, 2.24) is 20.1 Å². The van der Waals surface area contributed by atoms with Crippen molar-refractivity contribution in [1.29, 1.82) is 0 Å². The number of nitrogens with one attached hydrogen (secondary N) is 1. The van der Waals surface area contributed by atoms with Gasteiger partial charge in [0.1, 0.15) is 6.33 Å². The lowest BCUT2D eigenvalue weighted by Gasteiger charge is -2.18. The van der Waals surface area contributed by atoms with Gasteiger partial charge in [0.05, 0.1) is 17.0 Å². The van der Waals surface area contributed by atoms with Crippen LogP contribution in [0.5, 0.6) is 0 Å². The van der Waals surface area contributed by atoms with E-state index < -0.39 is 0 Å². The van der Waals surface area contributed by atoms with Crippen molar-refractivity contribution >= 4 is 45.2 Å². The predicted molar refractivity (Wildman–Crippen MR) is 110 cm³/mol. The van der Waals surface area contributed by atoms with Gasteiger partial charge < -0.3 is 5.32 Å². The van der Waals surface area contributed by atoms with Crippen LogP contribution in [0.25, 0.3) is 5.69 Å². The SMILES string of the molecule is O=C(CSc1nncn1-c1cccc(Cl)c1)NC1(c2ccc(Br)cc2)CC1. The van der Waals surface area contributed by atoms with Gasteiger partial charge >= 0.3 is 0 Å². The van der Waals surface area contributed by atoms with Crippen molar-refractivity contribution in [2.75, 3.05) is 5.75 Å². The third-order valence-corrected chi connectivity index (χ3v) is 6.17. The molecule has 1 saturated carbocycles. The van der Waals surface area contributed by atoms with Crippen LogP contribution >= 0.6 is 39.3 Å². The summed E-state index contributed by atoms with van der Waals surface area (Å²) in [6, 6.07) is 15.6. The van der Waals surface area contributed by atoms with Crippen LogP contribution in [-0.4, -0.2) is 26.4 Å². The van der Waals surface area contributed by atoms with Crippen molar-refractivity contribution in [2.45, 2.75) is 23.5 Å². The van der Waals surface area contributed by atoms with E-state index in [0.29, 0.717) is 10.2 Å². The summed E-state index contributed by atoms with van der Waals surface area (Å²) in [5.74, 6) is 0.262. The minimum atomic E-state index is -0.223. The second-order valence-corrected chi connectivity index (χ2v) is 8.68. The fraction of sp³-hybridized carbons (Fsp3) is 0.211. The number of aromatic nitrogens is 3. The molecule has 1 aliphatic rings. The summed E-state index contributed by atoms with van der Waals surface area (Å²) in [5.41, 5.74) is 1.79. The van der Waals surface area contributed by atoms with E-state index in [0.717, 1.165) is 28.6 Å². The number of halogens is 2. The first-order valence-electron chi connectivity index (χ1n) is 8.42. The number of carbonyl (C=O) groups is 1. The van der Waals surface area contributed by atoms with Gasteiger partial charge in [0.2, 0.25) is 5.91 Å². The summed E-state index contributed by atoms with van der Waals surface area (Å²) in [6.07, 6.45) is 3.55. The van der Waals surface area contributed by atoms with Gasteiger partial charge in [-0.05, 0) is 48.7 Å². The second kappa shape index (κ2) is 7.66. The van der Waals surface area contributed by atoms with Crippen LogP contribution in [0, 0.1) is 0 Å². The molecule has 2 aromatic carbocycles. The normalized spacial score (nSPS) is 14.7. The van der Waals surface area contributed by atoms with E-state index in [2.05, 4.69) is 43.6 Å². The summed E-state index contributed by atoms with van der Waals surface area (Å²) in [6.45, 7) is 0. The highest BCUT2D eigenvalue weighted by molar-refractivity contribution is 9.10. The van der Waals surface area contributed by atoms with Crippen molar-refractivity contribution in [2.24, 2.45) is 0 Å². The number of amides is 1. The standard InChI is InChI=1S/C19H16BrClN4OS/c20-14-6-4-13(5-7-14)19(8-9-19)23-17(26)11-27-18-24-22-12-25(18)16-3-1-2-15(21)10-16/h1-7,10,12H,8-9,11H2,(H,23,26). The highest BCUT2D eigenvalue weighted by Crippen LogP contribution is 2.45. The van der Waals surface area contributed by atoms with Crippen molar-refractivity contribution in [3.05, 3.63) is 69.9 Å². The van der Waals surface area contributed by atoms with Gasteiger partial charge in [0, 0.05) is 9.50 Å². The van der Waals surface area contributed by atoms with Crippen LogP contribution in [0.4, 0.5) is 0 Å². The molecule has 1 aromatic heterocycles. The average Bonchev–Trinajstić information content (AvgIpc) is 3.27. The molecule has 4 rings (SSSR count). The molecule has 138 valence electrons. The number of hydrogen-bond acceptors (Lipinski definition) is 4. The van der Waals surface area contributed by atoms with Crippen molar-refractivity contribution in [3.8, 4) is 5.69 Å². The highest BCUT2D eigenvalue weighted by atomic mass is 79.9. The topological polar surface area (TPSA) is 59.8 Å². The Hall–Kier alpha value is -1.83. The van der Waals surface area contributed by atoms with E-state index in [1.165, 1.54) is 11.8 Å². The summed E-state index contributed by atoms with van der Waals surface area (Å²) in [5, 5.41) is 12.6. The average molecular weight is 464 g/mol. The van der Waals surface area contributed by atoms with Crippen LogP contribution < -0.4 is 5.32 Å². The molecule has 1 aliphatic carbocycles. The van der Waals surface area contributed by atoms with E-state index in [1.54, 1.807) is 6.33 Å². The molecule has 0 atom stereocenters. The van der Waals surface area contributed by atoms with Crippen molar-refractivity contribution in [3.63, 3.8) is 0 Å². The molecule has 5 nitrogen and oxygen atoms in total. The summed E-state index contributed by atoms with van der Waals surface area (Å²) >= 11 is 10.9. The maximum atomic E-state index is 12.5. The number of carbonyl (C=O) groups excluding carboxylic acids is 1. The molecule has 27 heavy (non-hydrogen) atoms. The van der Waals surface area contributed by atoms with Gasteiger partial charge in [0.15, 0.2) is 5.16 Å². The lowest BCUT2D eigenvalue weighted by atomic mass is 10.1. The molecule has 0 saturated heterocycles. The Kier molecular flexibility index (Phi) is 5.25. The summed E-state index contributed by atoms with van der Waals surface area (Å²) < 4.78 is 2.86. The fourth-order valence-corrected chi connectivity index (χ4v) is 4.12. The molecule has 1 fully saturated rings. The van der Waals surface area contributed by atoms with Gasteiger partial charge in [-0.2, -0.15) is 0 Å². The van der Waals surface area contributed by atoms with Crippen LogP contribution in [0.3, 0.4) is 0 Å². The lowest BCUT2D eigenvalue weighted by Crippen LogP contribution is -2.36. The predicted octanol–water partition coefficient (Wildman–Crippen LogP) is 4.58. The zero-order chi connectivity index (χ0) is 18.9. The molecule has 0 bridgehead atoms. The molecule has 1 heterocycles. The Morgan fingerprint density at radius 1 is 1.26 bits per heavy atom. The summed E-state index contributed by atoms with van der Waals surface area (Å²) in [7, 11) is 0. The van der Waals surface area contributed by atoms with E-state index >= 15 is 0 Å². The minimum Gasteiger partial charge on any atom is -0.346 e. The van der Waals surface area contributed by atoms with Crippen LogP contribution in [0.1, 0.15) is 18.4 Å². The highest BCUT2D eigenvalue weighted by Gasteiger charge is 2.45. The fourth-order valence-electron chi connectivity index (χ4n) is 2.94. The second-order valence-electron chi connectivity index (χ2n) is 6.39. The van der Waals surface area contributed by atoms with Gasteiger partial charge in [-0.25, -0.2) is 0 Å². The summed E-state index contributed by atoms with van der Waals surface area (Å²) in [4.78, 5) is 12.5. The van der Waals surface area contributed by atoms with E-state index in [1.807, 2.05) is 41.0 Å². The molecular formula is C19H16BrClN4OS. The van der Waals surface area contributed by atoms with Crippen molar-refractivity contribution < 1.29 is 4.79 Å². The Morgan fingerprint density at radius 3 is 2.74 bits per heavy atom. The Balaban J connectivity index is 1.41. The Morgan fingerprint density at radius 2 is 2.04 bits per heavy atom.